The monoisotopic (exact) mass is 535 g/mol. The number of H-pyrrole nitrogens is 1. The Kier molecular flexibility index (Phi) is 6.99. The molecule has 2 aromatic carbocycles. The summed E-state index contributed by atoms with van der Waals surface area (Å²) in [6, 6.07) is 11.8. The number of aliphatic imine (C=N–C) groups is 2. The van der Waals surface area contributed by atoms with Gasteiger partial charge >= 0.3 is 0 Å². The number of benzene rings is 2. The van der Waals surface area contributed by atoms with Crippen molar-refractivity contribution in [1.82, 2.24) is 20.6 Å². The lowest BCUT2D eigenvalue weighted by molar-refractivity contribution is 0.103. The summed E-state index contributed by atoms with van der Waals surface area (Å²) in [6.07, 6.45) is 0. The predicted octanol–water partition coefficient (Wildman–Crippen LogP) is 4.23. The fourth-order valence-electron chi connectivity index (χ4n) is 3.92. The maximum absolute atomic E-state index is 13.0. The zero-order valence-electron chi connectivity index (χ0n) is 17.6. The molecule has 1 amide bonds. The minimum absolute atomic E-state index is 0. The second kappa shape index (κ2) is 9.79. The topological polar surface area (TPSA) is 107 Å². The fraction of sp³-hybridized carbons (Fsp3) is 0.182. The van der Waals surface area contributed by atoms with Crippen LogP contribution in [0.3, 0.4) is 0 Å². The third-order valence-corrected chi connectivity index (χ3v) is 7.10. The average Bonchev–Trinajstić information content (AvgIpc) is 3.59. The maximum Gasteiger partial charge on any atom is 0.269 e. The van der Waals surface area contributed by atoms with E-state index in [0.717, 1.165) is 70.1 Å². The number of aromatic nitrogens is 2. The number of carbonyl (C=O) groups is 1. The van der Waals surface area contributed by atoms with Crippen molar-refractivity contribution in [2.75, 3.05) is 31.5 Å². The second-order valence-electron chi connectivity index (χ2n) is 7.54. The van der Waals surface area contributed by atoms with E-state index in [1.54, 1.807) is 0 Å². The molecule has 0 bridgehead atoms. The molecule has 4 aromatic rings. The molecule has 0 spiro atoms. The number of aromatic amines is 1. The Hall–Kier alpha value is -2.85. The van der Waals surface area contributed by atoms with Crippen molar-refractivity contribution in [3.63, 3.8) is 0 Å². The highest BCUT2D eigenvalue weighted by molar-refractivity contribution is 7.21. The van der Waals surface area contributed by atoms with E-state index in [2.05, 4.69) is 35.9 Å². The SMILES string of the molecule is Cl.Cl.O=C(Nc1nc2ccc(C3=NCCN3)cc2[nH]1)c1sc2cc(C3=NCCN3)ccc2c1Cl. The van der Waals surface area contributed by atoms with E-state index in [4.69, 9.17) is 11.6 Å². The van der Waals surface area contributed by atoms with Crippen molar-refractivity contribution in [3.8, 4) is 0 Å². The van der Waals surface area contributed by atoms with E-state index in [0.29, 0.717) is 15.8 Å². The van der Waals surface area contributed by atoms with Crippen LogP contribution in [0, 0.1) is 0 Å². The molecule has 0 atom stereocenters. The van der Waals surface area contributed by atoms with Crippen LogP contribution in [-0.2, 0) is 0 Å². The first kappa shape index (κ1) is 24.3. The molecule has 2 aliphatic rings. The molecule has 12 heteroatoms. The van der Waals surface area contributed by atoms with Crippen LogP contribution in [0.4, 0.5) is 5.95 Å². The lowest BCUT2D eigenvalue weighted by Crippen LogP contribution is -2.19. The maximum atomic E-state index is 13.0. The van der Waals surface area contributed by atoms with Crippen molar-refractivity contribution in [3.05, 3.63) is 57.4 Å². The quantitative estimate of drug-likeness (QED) is 0.313. The summed E-state index contributed by atoms with van der Waals surface area (Å²) in [5, 5.41) is 10.7. The summed E-state index contributed by atoms with van der Waals surface area (Å²) in [6.45, 7) is 3.24. The number of amides is 1. The molecule has 0 aliphatic carbocycles. The van der Waals surface area contributed by atoms with Crippen LogP contribution in [-0.4, -0.2) is 53.7 Å². The van der Waals surface area contributed by atoms with Crippen molar-refractivity contribution < 1.29 is 4.79 Å². The van der Waals surface area contributed by atoms with Crippen LogP contribution in [0.5, 0.6) is 0 Å². The van der Waals surface area contributed by atoms with Crippen molar-refractivity contribution in [2.45, 2.75) is 0 Å². The third kappa shape index (κ3) is 4.32. The number of carbonyl (C=O) groups excluding carboxylic acids is 1. The van der Waals surface area contributed by atoms with Gasteiger partial charge < -0.3 is 15.6 Å². The van der Waals surface area contributed by atoms with Crippen LogP contribution >= 0.6 is 47.8 Å². The number of fused-ring (bicyclic) bond motifs is 2. The van der Waals surface area contributed by atoms with Gasteiger partial charge in [-0.1, -0.05) is 23.7 Å². The number of imidazole rings is 1. The van der Waals surface area contributed by atoms with Gasteiger partial charge in [0.15, 0.2) is 0 Å². The van der Waals surface area contributed by atoms with Gasteiger partial charge in [-0.3, -0.25) is 20.1 Å². The van der Waals surface area contributed by atoms with Gasteiger partial charge in [0.1, 0.15) is 16.5 Å². The largest absolute Gasteiger partial charge is 0.368 e. The third-order valence-electron chi connectivity index (χ3n) is 5.44. The van der Waals surface area contributed by atoms with Gasteiger partial charge in [0.05, 0.1) is 29.1 Å². The van der Waals surface area contributed by atoms with Crippen molar-refractivity contribution >= 4 is 92.4 Å². The van der Waals surface area contributed by atoms with Gasteiger partial charge in [0.25, 0.3) is 5.91 Å². The smallest absolute Gasteiger partial charge is 0.269 e. The van der Waals surface area contributed by atoms with Gasteiger partial charge in [-0.25, -0.2) is 4.98 Å². The molecule has 8 nitrogen and oxygen atoms in total. The van der Waals surface area contributed by atoms with Gasteiger partial charge in [0.2, 0.25) is 5.95 Å². The summed E-state index contributed by atoms with van der Waals surface area (Å²) >= 11 is 7.91. The van der Waals surface area contributed by atoms with Gasteiger partial charge in [-0.15, -0.1) is 36.2 Å². The highest BCUT2D eigenvalue weighted by atomic mass is 35.5. The van der Waals surface area contributed by atoms with Crippen molar-refractivity contribution in [2.24, 2.45) is 9.98 Å². The lowest BCUT2D eigenvalue weighted by atomic mass is 10.1. The first-order chi connectivity index (χ1) is 15.7. The van der Waals surface area contributed by atoms with Crippen LogP contribution in [0.25, 0.3) is 21.1 Å². The molecular weight excluding hydrogens is 517 g/mol. The number of amidine groups is 2. The van der Waals surface area contributed by atoms with E-state index in [9.17, 15) is 4.79 Å². The molecule has 0 fully saturated rings. The summed E-state index contributed by atoms with van der Waals surface area (Å²) in [4.78, 5) is 30.0. The number of rotatable bonds is 4. The van der Waals surface area contributed by atoms with E-state index in [1.807, 2.05) is 36.4 Å². The molecule has 0 saturated carbocycles. The zero-order chi connectivity index (χ0) is 21.7. The summed E-state index contributed by atoms with van der Waals surface area (Å²) in [7, 11) is 0. The fourth-order valence-corrected chi connectivity index (χ4v) is 5.37. The Morgan fingerprint density at radius 1 is 0.971 bits per heavy atom. The van der Waals surface area contributed by atoms with Crippen LogP contribution in [0.1, 0.15) is 20.8 Å². The molecular formula is C22H20Cl3N7OS. The highest BCUT2D eigenvalue weighted by Gasteiger charge is 2.20. The van der Waals surface area contributed by atoms with Crippen LogP contribution in [0.15, 0.2) is 46.4 Å². The van der Waals surface area contributed by atoms with Crippen molar-refractivity contribution in [1.29, 1.82) is 0 Å². The van der Waals surface area contributed by atoms with Gasteiger partial charge in [-0.2, -0.15) is 0 Å². The Labute approximate surface area is 216 Å². The first-order valence-electron chi connectivity index (χ1n) is 10.3. The molecule has 176 valence electrons. The Morgan fingerprint density at radius 2 is 1.65 bits per heavy atom. The van der Waals surface area contributed by atoms with E-state index >= 15 is 0 Å². The zero-order valence-corrected chi connectivity index (χ0v) is 20.9. The number of thiophene rings is 1. The molecule has 6 rings (SSSR count). The predicted molar refractivity (Wildman–Crippen MR) is 144 cm³/mol. The minimum atomic E-state index is -0.296. The molecule has 0 radical (unpaired) electrons. The first-order valence-corrected chi connectivity index (χ1v) is 11.5. The Balaban J connectivity index is 0.00000137. The van der Waals surface area contributed by atoms with Crippen LogP contribution in [0.2, 0.25) is 5.02 Å². The Bertz CT molecular complexity index is 1460. The molecule has 2 aliphatic heterocycles. The van der Waals surface area contributed by atoms with E-state index < -0.39 is 0 Å². The molecule has 4 heterocycles. The summed E-state index contributed by atoms with van der Waals surface area (Å²) < 4.78 is 0.938. The van der Waals surface area contributed by atoms with Gasteiger partial charge in [-0.05, 0) is 24.3 Å². The average molecular weight is 537 g/mol. The number of hydrogen-bond acceptors (Lipinski definition) is 7. The molecule has 34 heavy (non-hydrogen) atoms. The van der Waals surface area contributed by atoms with E-state index in [1.165, 1.54) is 11.3 Å². The summed E-state index contributed by atoms with van der Waals surface area (Å²) in [5.41, 5.74) is 3.57. The number of halogens is 3. The molecule has 0 saturated heterocycles. The molecule has 2 aromatic heterocycles. The normalized spacial score (nSPS) is 14.6. The minimum Gasteiger partial charge on any atom is -0.368 e. The second-order valence-corrected chi connectivity index (χ2v) is 8.97. The number of anilines is 1. The number of hydrogen-bond donors (Lipinski definition) is 4. The highest BCUT2D eigenvalue weighted by Crippen LogP contribution is 2.36. The Morgan fingerprint density at radius 3 is 2.32 bits per heavy atom. The number of nitrogens with one attached hydrogen (secondary N) is 4. The molecule has 4 N–H and O–H groups in total. The lowest BCUT2D eigenvalue weighted by Gasteiger charge is -2.01. The summed E-state index contributed by atoms with van der Waals surface area (Å²) in [5.74, 6) is 1.84. The standard InChI is InChI=1S/C22H18ClN7OS.2ClH/c23-17-13-3-1-12(20-26-7-8-27-20)10-16(13)32-18(17)21(31)30-22-28-14-4-2-11(9-15(14)29-22)19-24-5-6-25-19;;/h1-4,9-10H,5-8H2,(H,24,25)(H,26,27)(H2,28,29,30,31);2*1H. The van der Waals surface area contributed by atoms with E-state index in [-0.39, 0.29) is 30.7 Å². The molecule has 0 unspecified atom stereocenters. The van der Waals surface area contributed by atoms with Gasteiger partial charge in [0, 0.05) is 34.3 Å². The number of nitrogens with zero attached hydrogens (tertiary/aromatic N) is 3. The van der Waals surface area contributed by atoms with Crippen LogP contribution < -0.4 is 16.0 Å².